The predicted molar refractivity (Wildman–Crippen MR) is 74.5 cm³/mol. The number of carboxylic acids is 1. The molecule has 0 aliphatic carbocycles. The van der Waals surface area contributed by atoms with Crippen LogP contribution in [-0.2, 0) is 4.79 Å². The van der Waals surface area contributed by atoms with E-state index in [0.29, 0.717) is 6.42 Å². The number of unbranched alkanes of at least 4 members (excludes halogenated alkanes) is 10. The first-order chi connectivity index (χ1) is 7.77. The second-order valence-electron chi connectivity index (χ2n) is 4.68. The van der Waals surface area contributed by atoms with Gasteiger partial charge in [0.2, 0.25) is 0 Å². The number of rotatable bonds is 12. The zero-order valence-electron chi connectivity index (χ0n) is 11.5. The summed E-state index contributed by atoms with van der Waals surface area (Å²) in [4.78, 5) is 10.3. The van der Waals surface area contributed by atoms with E-state index in [1.807, 2.05) is 0 Å². The summed E-state index contributed by atoms with van der Waals surface area (Å²) in [5.74, 6) is -0.657. The third-order valence-electron chi connectivity index (χ3n) is 2.99. The van der Waals surface area contributed by atoms with Gasteiger partial charge in [0.05, 0.1) is 0 Å². The van der Waals surface area contributed by atoms with Gasteiger partial charge in [0.25, 0.3) is 0 Å². The van der Waals surface area contributed by atoms with Crippen LogP contribution in [0, 0.1) is 0 Å². The second-order valence-corrected chi connectivity index (χ2v) is 4.68. The van der Waals surface area contributed by atoms with Gasteiger partial charge in [0.1, 0.15) is 0 Å². The van der Waals surface area contributed by atoms with E-state index in [2.05, 4.69) is 6.92 Å². The van der Waals surface area contributed by atoms with Crippen LogP contribution < -0.4 is 0 Å². The molecule has 0 aliphatic heterocycles. The molecule has 0 rings (SSSR count). The summed E-state index contributed by atoms with van der Waals surface area (Å²) in [5, 5.41) is 8.46. The van der Waals surface area contributed by atoms with Crippen molar-refractivity contribution in [3.05, 3.63) is 0 Å². The summed E-state index contributed by atoms with van der Waals surface area (Å²) in [6, 6.07) is 0. The largest absolute Gasteiger partial charge is 0.481 e. The van der Waals surface area contributed by atoms with Gasteiger partial charge < -0.3 is 5.11 Å². The van der Waals surface area contributed by atoms with Gasteiger partial charge in [-0.1, -0.05) is 71.1 Å². The average Bonchev–Trinajstić information content (AvgIpc) is 2.25. The van der Waals surface area contributed by atoms with Crippen LogP contribution in [-0.4, -0.2) is 48.8 Å². The molecule has 3 heteroatoms. The molecule has 0 saturated heterocycles. The second kappa shape index (κ2) is 16.7. The quantitative estimate of drug-likeness (QED) is 0.421. The van der Waals surface area contributed by atoms with Crippen molar-refractivity contribution < 1.29 is 9.90 Å². The molecule has 98 valence electrons. The molecular weight excluding hydrogens is 240 g/mol. The molecule has 0 aromatic carbocycles. The number of carbonyl (C=O) groups is 1. The minimum atomic E-state index is -0.657. The average molecular weight is 268 g/mol. The topological polar surface area (TPSA) is 37.3 Å². The first-order valence-electron chi connectivity index (χ1n) is 6.99. The maximum atomic E-state index is 10.3. The Morgan fingerprint density at radius 1 is 0.765 bits per heavy atom. The Kier molecular flexibility index (Phi) is 19.7. The van der Waals surface area contributed by atoms with E-state index < -0.39 is 5.97 Å². The van der Waals surface area contributed by atoms with E-state index in [0.717, 1.165) is 12.8 Å². The van der Waals surface area contributed by atoms with E-state index in [1.165, 1.54) is 57.8 Å². The Balaban J connectivity index is 0. The monoisotopic (exact) mass is 268 g/mol. The molecule has 0 aromatic rings. The summed E-state index contributed by atoms with van der Waals surface area (Å²) in [6.45, 7) is 2.25. The molecule has 0 atom stereocenters. The molecule has 0 fully saturated rings. The van der Waals surface area contributed by atoms with Crippen LogP contribution in [0.1, 0.15) is 84.0 Å². The van der Waals surface area contributed by atoms with Crippen LogP contribution in [0.25, 0.3) is 0 Å². The minimum absolute atomic E-state index is 0. The van der Waals surface area contributed by atoms with Crippen molar-refractivity contribution in [3.63, 3.8) is 0 Å². The van der Waals surface area contributed by atoms with E-state index in [9.17, 15) is 4.79 Å². The van der Waals surface area contributed by atoms with Crippen molar-refractivity contribution >= 4 is 43.7 Å². The summed E-state index contributed by atoms with van der Waals surface area (Å²) in [7, 11) is 0. The summed E-state index contributed by atoms with van der Waals surface area (Å²) >= 11 is 0. The molecule has 2 nitrogen and oxygen atoms in total. The molecule has 0 spiro atoms. The van der Waals surface area contributed by atoms with Crippen molar-refractivity contribution in [2.45, 2.75) is 84.0 Å². The Bertz CT molecular complexity index is 160. The predicted octanol–water partition coefficient (Wildman–Crippen LogP) is 4.39. The third-order valence-corrected chi connectivity index (χ3v) is 2.99. The van der Waals surface area contributed by atoms with E-state index >= 15 is 0 Å². The molecule has 0 aliphatic rings. The van der Waals surface area contributed by atoms with Crippen molar-refractivity contribution in [1.82, 2.24) is 0 Å². The number of aliphatic carboxylic acids is 1. The zero-order chi connectivity index (χ0) is 12.1. The fraction of sp³-hybridized carbons (Fsp3) is 0.929. The van der Waals surface area contributed by atoms with Gasteiger partial charge in [-0.2, -0.15) is 0 Å². The fourth-order valence-electron chi connectivity index (χ4n) is 1.94. The van der Waals surface area contributed by atoms with Crippen molar-refractivity contribution in [1.29, 1.82) is 0 Å². The Hall–Kier alpha value is 0.730. The number of hydrogen-bond donors (Lipinski definition) is 1. The standard InChI is InChI=1S/C14H28O2.Ca/c1-2-3-4-5-6-7-8-9-10-11-12-13-14(15)16;/h2-13H2,1H3,(H,15,16);. The first kappa shape index (κ1) is 20.1. The van der Waals surface area contributed by atoms with Crippen molar-refractivity contribution in [3.8, 4) is 0 Å². The molecule has 0 aromatic heterocycles. The molecule has 0 amide bonds. The van der Waals surface area contributed by atoms with Gasteiger partial charge >= 0.3 is 5.97 Å². The van der Waals surface area contributed by atoms with Crippen LogP contribution in [0.15, 0.2) is 0 Å². The van der Waals surface area contributed by atoms with Crippen LogP contribution in [0.5, 0.6) is 0 Å². The number of carboxylic acid groups (broad SMARTS) is 1. The van der Waals surface area contributed by atoms with E-state index in [4.69, 9.17) is 5.11 Å². The first-order valence-corrected chi connectivity index (χ1v) is 6.99. The van der Waals surface area contributed by atoms with E-state index in [-0.39, 0.29) is 37.7 Å². The maximum absolute atomic E-state index is 10.3. The minimum Gasteiger partial charge on any atom is -0.481 e. The Morgan fingerprint density at radius 3 is 1.47 bits per heavy atom. The molecular formula is C14H28CaO2. The van der Waals surface area contributed by atoms with Gasteiger partial charge in [-0.3, -0.25) is 4.79 Å². The smallest absolute Gasteiger partial charge is 0.303 e. The maximum Gasteiger partial charge on any atom is 0.303 e. The SMILES string of the molecule is CCCCCCCCCCCCCC(=O)O.[Ca]. The molecule has 0 heterocycles. The van der Waals surface area contributed by atoms with Crippen molar-refractivity contribution in [2.75, 3.05) is 0 Å². The van der Waals surface area contributed by atoms with Crippen LogP contribution in [0.3, 0.4) is 0 Å². The third kappa shape index (κ3) is 19.3. The number of hydrogen-bond acceptors (Lipinski definition) is 1. The van der Waals surface area contributed by atoms with E-state index in [1.54, 1.807) is 0 Å². The molecule has 2 radical (unpaired) electrons. The Labute approximate surface area is 137 Å². The fourth-order valence-corrected chi connectivity index (χ4v) is 1.94. The van der Waals surface area contributed by atoms with Crippen LogP contribution >= 0.6 is 0 Å². The summed E-state index contributed by atoms with van der Waals surface area (Å²) < 4.78 is 0. The summed E-state index contributed by atoms with van der Waals surface area (Å²) in [6.07, 6.45) is 14.4. The van der Waals surface area contributed by atoms with Gasteiger partial charge in [0, 0.05) is 44.2 Å². The van der Waals surface area contributed by atoms with Crippen LogP contribution in [0.4, 0.5) is 0 Å². The van der Waals surface area contributed by atoms with Crippen LogP contribution in [0.2, 0.25) is 0 Å². The molecule has 0 unspecified atom stereocenters. The normalized spacial score (nSPS) is 9.94. The summed E-state index contributed by atoms with van der Waals surface area (Å²) in [5.41, 5.74) is 0. The van der Waals surface area contributed by atoms with Gasteiger partial charge in [-0.25, -0.2) is 0 Å². The van der Waals surface area contributed by atoms with Crippen molar-refractivity contribution in [2.24, 2.45) is 0 Å². The molecule has 0 bridgehead atoms. The van der Waals surface area contributed by atoms with Gasteiger partial charge in [0.15, 0.2) is 0 Å². The Morgan fingerprint density at radius 2 is 1.12 bits per heavy atom. The van der Waals surface area contributed by atoms with Gasteiger partial charge in [-0.15, -0.1) is 0 Å². The van der Waals surface area contributed by atoms with Gasteiger partial charge in [-0.05, 0) is 6.42 Å². The zero-order valence-corrected chi connectivity index (χ0v) is 13.8. The molecule has 0 saturated carbocycles. The molecule has 17 heavy (non-hydrogen) atoms. The molecule has 1 N–H and O–H groups in total.